The van der Waals surface area contributed by atoms with Gasteiger partial charge >= 0.3 is 0 Å². The summed E-state index contributed by atoms with van der Waals surface area (Å²) in [6, 6.07) is 0. The van der Waals surface area contributed by atoms with E-state index < -0.39 is 0 Å². The van der Waals surface area contributed by atoms with Crippen molar-refractivity contribution < 1.29 is 9.59 Å². The smallest absolute Gasteiger partial charge is 0.257 e. The minimum atomic E-state index is -0.0583. The molecule has 2 amide bonds. The molecule has 1 aromatic heterocycles. The van der Waals surface area contributed by atoms with E-state index in [-0.39, 0.29) is 17.7 Å². The van der Waals surface area contributed by atoms with Crippen molar-refractivity contribution in [1.82, 2.24) is 20.2 Å². The second kappa shape index (κ2) is 6.69. The number of rotatable bonds is 4. The molecular weight excluding hydrogens is 276 g/mol. The lowest BCUT2D eigenvalue weighted by molar-refractivity contribution is -0.121. The van der Waals surface area contributed by atoms with Crippen LogP contribution in [0.3, 0.4) is 0 Å². The zero-order chi connectivity index (χ0) is 14.5. The van der Waals surface area contributed by atoms with Gasteiger partial charge in [0.2, 0.25) is 5.91 Å². The van der Waals surface area contributed by atoms with Crippen LogP contribution in [0.2, 0.25) is 0 Å². The summed E-state index contributed by atoms with van der Waals surface area (Å²) in [5, 5.41) is 3.27. The maximum absolute atomic E-state index is 12.3. The number of carbonyl (C=O) groups excluding carboxylic acids is 2. The Bertz CT molecular complexity index is 492. The van der Waals surface area contributed by atoms with E-state index >= 15 is 0 Å². The first-order chi connectivity index (χ1) is 9.63. The summed E-state index contributed by atoms with van der Waals surface area (Å²) in [5.74, 6) is 0.208. The zero-order valence-corrected chi connectivity index (χ0v) is 12.4. The number of hydrogen-bond acceptors (Lipinski definition) is 5. The molecule has 2 rings (SSSR count). The Hall–Kier alpha value is -1.63. The monoisotopic (exact) mass is 294 g/mol. The van der Waals surface area contributed by atoms with Crippen LogP contribution in [-0.2, 0) is 4.79 Å². The van der Waals surface area contributed by atoms with Crippen LogP contribution in [0.1, 0.15) is 23.2 Å². The number of amides is 2. The van der Waals surface area contributed by atoms with Crippen molar-refractivity contribution in [2.45, 2.75) is 18.0 Å². The predicted molar refractivity (Wildman–Crippen MR) is 76.5 cm³/mol. The van der Waals surface area contributed by atoms with E-state index in [0.29, 0.717) is 30.2 Å². The molecule has 0 saturated carbocycles. The number of likely N-dealkylation sites (tertiary alicyclic amines) is 1. The summed E-state index contributed by atoms with van der Waals surface area (Å²) in [6.45, 7) is 1.31. The Morgan fingerprint density at radius 2 is 2.15 bits per heavy atom. The highest BCUT2D eigenvalue weighted by Gasteiger charge is 2.28. The molecule has 20 heavy (non-hydrogen) atoms. The lowest BCUT2D eigenvalue weighted by Gasteiger charge is -2.16. The lowest BCUT2D eigenvalue weighted by Crippen LogP contribution is -2.30. The van der Waals surface area contributed by atoms with E-state index in [0.717, 1.165) is 6.42 Å². The topological polar surface area (TPSA) is 75.2 Å². The van der Waals surface area contributed by atoms with Crippen LogP contribution in [0.4, 0.5) is 0 Å². The second-order valence-electron chi connectivity index (χ2n) is 4.74. The van der Waals surface area contributed by atoms with Crippen molar-refractivity contribution >= 4 is 23.6 Å². The maximum atomic E-state index is 12.3. The van der Waals surface area contributed by atoms with Gasteiger partial charge < -0.3 is 10.2 Å². The van der Waals surface area contributed by atoms with Gasteiger partial charge in [-0.25, -0.2) is 9.97 Å². The van der Waals surface area contributed by atoms with Crippen LogP contribution in [0.15, 0.2) is 17.6 Å². The second-order valence-corrected chi connectivity index (χ2v) is 5.52. The summed E-state index contributed by atoms with van der Waals surface area (Å²) >= 11 is 1.44. The number of nitrogens with one attached hydrogen (secondary N) is 1. The number of aromatic nitrogens is 2. The molecule has 7 heteroatoms. The van der Waals surface area contributed by atoms with Crippen LogP contribution in [0.5, 0.6) is 0 Å². The Labute approximate surface area is 122 Å². The van der Waals surface area contributed by atoms with E-state index in [9.17, 15) is 9.59 Å². The van der Waals surface area contributed by atoms with Gasteiger partial charge in [0.05, 0.1) is 5.56 Å². The van der Waals surface area contributed by atoms with Gasteiger partial charge in [-0.15, -0.1) is 0 Å². The number of carbonyl (C=O) groups is 2. The number of hydrogen-bond donors (Lipinski definition) is 1. The SMILES string of the molecule is CNC(=O)CC1CCN(C(=O)c2cnc(SC)nc2)C1. The fourth-order valence-electron chi connectivity index (χ4n) is 2.26. The fourth-order valence-corrected chi connectivity index (χ4v) is 2.58. The molecule has 1 N–H and O–H groups in total. The fraction of sp³-hybridized carbons (Fsp3) is 0.538. The summed E-state index contributed by atoms with van der Waals surface area (Å²) < 4.78 is 0. The van der Waals surface area contributed by atoms with Crippen LogP contribution in [0, 0.1) is 5.92 Å². The quantitative estimate of drug-likeness (QED) is 0.656. The average molecular weight is 294 g/mol. The molecule has 0 aromatic carbocycles. The van der Waals surface area contributed by atoms with E-state index in [1.165, 1.54) is 11.8 Å². The molecule has 1 saturated heterocycles. The Morgan fingerprint density at radius 3 is 2.75 bits per heavy atom. The van der Waals surface area contributed by atoms with Gasteiger partial charge in [-0.3, -0.25) is 9.59 Å². The number of thioether (sulfide) groups is 1. The summed E-state index contributed by atoms with van der Waals surface area (Å²) in [6.07, 6.45) is 6.35. The van der Waals surface area contributed by atoms with Crippen LogP contribution in [0.25, 0.3) is 0 Å². The van der Waals surface area contributed by atoms with Crippen molar-refractivity contribution in [1.29, 1.82) is 0 Å². The normalized spacial score (nSPS) is 18.1. The predicted octanol–water partition coefficient (Wildman–Crippen LogP) is 0.797. The molecule has 1 aliphatic heterocycles. The zero-order valence-electron chi connectivity index (χ0n) is 11.6. The molecule has 1 fully saturated rings. The molecule has 108 valence electrons. The van der Waals surface area contributed by atoms with E-state index in [4.69, 9.17) is 0 Å². The standard InChI is InChI=1S/C13H18N4O2S/c1-14-11(18)5-9-3-4-17(8-9)12(19)10-6-15-13(20-2)16-7-10/h6-7,9H,3-5,8H2,1-2H3,(H,14,18). The highest BCUT2D eigenvalue weighted by molar-refractivity contribution is 7.98. The minimum absolute atomic E-state index is 0.0250. The minimum Gasteiger partial charge on any atom is -0.359 e. The van der Waals surface area contributed by atoms with Crippen molar-refractivity contribution in [3.8, 4) is 0 Å². The molecule has 0 aliphatic carbocycles. The van der Waals surface area contributed by atoms with Gasteiger partial charge in [0, 0.05) is 39.0 Å². The van der Waals surface area contributed by atoms with Gasteiger partial charge in [0.15, 0.2) is 5.16 Å². The van der Waals surface area contributed by atoms with E-state index in [1.807, 2.05) is 6.26 Å². The number of nitrogens with zero attached hydrogens (tertiary/aromatic N) is 3. The highest BCUT2D eigenvalue weighted by atomic mass is 32.2. The Balaban J connectivity index is 1.95. The molecule has 0 bridgehead atoms. The third-order valence-electron chi connectivity index (χ3n) is 3.38. The first-order valence-electron chi connectivity index (χ1n) is 6.50. The Kier molecular flexibility index (Phi) is 4.94. The first kappa shape index (κ1) is 14.8. The highest BCUT2D eigenvalue weighted by Crippen LogP contribution is 2.21. The van der Waals surface area contributed by atoms with Gasteiger partial charge in [-0.2, -0.15) is 0 Å². The van der Waals surface area contributed by atoms with Gasteiger partial charge in [-0.1, -0.05) is 11.8 Å². The first-order valence-corrected chi connectivity index (χ1v) is 7.72. The summed E-state index contributed by atoms with van der Waals surface area (Å²) in [4.78, 5) is 33.6. The molecule has 1 aromatic rings. The van der Waals surface area contributed by atoms with Crippen LogP contribution < -0.4 is 5.32 Å². The molecule has 1 unspecified atom stereocenters. The lowest BCUT2D eigenvalue weighted by atomic mass is 10.0. The molecule has 0 radical (unpaired) electrons. The summed E-state index contributed by atoms with van der Waals surface area (Å²) in [7, 11) is 1.63. The van der Waals surface area contributed by atoms with Crippen molar-refractivity contribution in [2.75, 3.05) is 26.4 Å². The molecule has 1 aliphatic rings. The molecule has 1 atom stereocenters. The average Bonchev–Trinajstić information content (AvgIpc) is 2.95. The molecule has 2 heterocycles. The van der Waals surface area contributed by atoms with Gasteiger partial charge in [-0.05, 0) is 18.6 Å². The maximum Gasteiger partial charge on any atom is 0.257 e. The third kappa shape index (κ3) is 3.47. The van der Waals surface area contributed by atoms with E-state index in [2.05, 4.69) is 15.3 Å². The molecule has 6 nitrogen and oxygen atoms in total. The van der Waals surface area contributed by atoms with Crippen molar-refractivity contribution in [2.24, 2.45) is 5.92 Å². The summed E-state index contributed by atoms with van der Waals surface area (Å²) in [5.41, 5.74) is 0.503. The van der Waals surface area contributed by atoms with Gasteiger partial charge in [0.1, 0.15) is 0 Å². The molecule has 0 spiro atoms. The van der Waals surface area contributed by atoms with Crippen molar-refractivity contribution in [3.05, 3.63) is 18.0 Å². The van der Waals surface area contributed by atoms with Gasteiger partial charge in [0.25, 0.3) is 5.91 Å². The van der Waals surface area contributed by atoms with Crippen molar-refractivity contribution in [3.63, 3.8) is 0 Å². The van der Waals surface area contributed by atoms with Crippen LogP contribution in [-0.4, -0.2) is 53.1 Å². The molecular formula is C13H18N4O2S. The Morgan fingerprint density at radius 1 is 1.45 bits per heavy atom. The third-order valence-corrected chi connectivity index (χ3v) is 3.96. The van der Waals surface area contributed by atoms with Crippen LogP contribution >= 0.6 is 11.8 Å². The van der Waals surface area contributed by atoms with E-state index in [1.54, 1.807) is 24.3 Å². The largest absolute Gasteiger partial charge is 0.359 e.